The molecule has 1 spiro atoms. The molecular weight excluding hydrogens is 306 g/mol. The minimum Gasteiger partial charge on any atom is -0.352 e. The standard InChI is InChI=1S/C18H29N3O3/c1-12-6-8-14(9-7-12)19-15(22)11-21-16(23)18(20-17(21)24)10-4-3-5-13(18)2/h12-14H,3-11H2,1-2H3,(H,19,22)(H,20,24)/t12?,13-,14?,18-/m1/s1. The molecule has 1 heterocycles. The van der Waals surface area contributed by atoms with Crippen LogP contribution in [0.4, 0.5) is 4.79 Å². The summed E-state index contributed by atoms with van der Waals surface area (Å²) < 4.78 is 0. The lowest BCUT2D eigenvalue weighted by Gasteiger charge is -2.36. The minimum atomic E-state index is -0.782. The van der Waals surface area contributed by atoms with Gasteiger partial charge in [0.15, 0.2) is 0 Å². The van der Waals surface area contributed by atoms with E-state index in [4.69, 9.17) is 0 Å². The Morgan fingerprint density at radius 3 is 2.54 bits per heavy atom. The van der Waals surface area contributed by atoms with Gasteiger partial charge in [0, 0.05) is 6.04 Å². The van der Waals surface area contributed by atoms with Crippen LogP contribution in [-0.2, 0) is 9.59 Å². The Kier molecular flexibility index (Phi) is 4.83. The van der Waals surface area contributed by atoms with Crippen LogP contribution in [0.5, 0.6) is 0 Å². The number of urea groups is 1. The Balaban J connectivity index is 1.59. The maximum absolute atomic E-state index is 12.8. The van der Waals surface area contributed by atoms with Gasteiger partial charge in [-0.3, -0.25) is 14.5 Å². The highest BCUT2D eigenvalue weighted by Crippen LogP contribution is 2.38. The average molecular weight is 335 g/mol. The molecule has 2 saturated carbocycles. The molecule has 6 heteroatoms. The fourth-order valence-electron chi connectivity index (χ4n) is 4.46. The lowest BCUT2D eigenvalue weighted by molar-refractivity contribution is -0.137. The number of imide groups is 1. The number of hydrogen-bond donors (Lipinski definition) is 2. The summed E-state index contributed by atoms with van der Waals surface area (Å²) in [5.74, 6) is 0.401. The third-order valence-corrected chi connectivity index (χ3v) is 6.18. The quantitative estimate of drug-likeness (QED) is 0.776. The number of hydrogen-bond acceptors (Lipinski definition) is 3. The second-order valence-corrected chi connectivity index (χ2v) is 7.96. The second kappa shape index (κ2) is 6.73. The van der Waals surface area contributed by atoms with Crippen molar-refractivity contribution >= 4 is 17.8 Å². The molecule has 24 heavy (non-hydrogen) atoms. The zero-order valence-electron chi connectivity index (χ0n) is 14.8. The van der Waals surface area contributed by atoms with Gasteiger partial charge in [-0.2, -0.15) is 0 Å². The van der Waals surface area contributed by atoms with Crippen LogP contribution in [0.1, 0.15) is 65.2 Å². The molecular formula is C18H29N3O3. The van der Waals surface area contributed by atoms with Gasteiger partial charge in [0.25, 0.3) is 5.91 Å². The van der Waals surface area contributed by atoms with Crippen molar-refractivity contribution in [3.63, 3.8) is 0 Å². The van der Waals surface area contributed by atoms with E-state index >= 15 is 0 Å². The third-order valence-electron chi connectivity index (χ3n) is 6.18. The van der Waals surface area contributed by atoms with Crippen LogP contribution in [0.3, 0.4) is 0 Å². The summed E-state index contributed by atoms with van der Waals surface area (Å²) in [6, 6.07) is -0.238. The van der Waals surface area contributed by atoms with Gasteiger partial charge in [-0.05, 0) is 50.4 Å². The first-order valence-electron chi connectivity index (χ1n) is 9.36. The highest BCUT2D eigenvalue weighted by atomic mass is 16.2. The maximum atomic E-state index is 12.8. The molecule has 0 bridgehead atoms. The lowest BCUT2D eigenvalue weighted by atomic mass is 9.73. The van der Waals surface area contributed by atoms with Crippen molar-refractivity contribution in [1.29, 1.82) is 0 Å². The molecule has 2 atom stereocenters. The van der Waals surface area contributed by atoms with Crippen molar-refractivity contribution in [3.8, 4) is 0 Å². The minimum absolute atomic E-state index is 0.121. The van der Waals surface area contributed by atoms with Gasteiger partial charge in [0.05, 0.1) is 0 Å². The van der Waals surface area contributed by atoms with E-state index in [2.05, 4.69) is 17.6 Å². The summed E-state index contributed by atoms with van der Waals surface area (Å²) in [5.41, 5.74) is -0.782. The second-order valence-electron chi connectivity index (χ2n) is 7.96. The van der Waals surface area contributed by atoms with E-state index in [0.717, 1.165) is 55.8 Å². The molecule has 1 saturated heterocycles. The van der Waals surface area contributed by atoms with E-state index in [9.17, 15) is 14.4 Å². The van der Waals surface area contributed by atoms with Crippen LogP contribution >= 0.6 is 0 Å². The fraction of sp³-hybridized carbons (Fsp3) is 0.833. The first kappa shape index (κ1) is 17.2. The Morgan fingerprint density at radius 2 is 1.88 bits per heavy atom. The lowest BCUT2D eigenvalue weighted by Crippen LogP contribution is -2.54. The Labute approximate surface area is 143 Å². The first-order valence-corrected chi connectivity index (χ1v) is 9.36. The third kappa shape index (κ3) is 3.15. The largest absolute Gasteiger partial charge is 0.352 e. The van der Waals surface area contributed by atoms with Gasteiger partial charge in [-0.1, -0.05) is 26.7 Å². The molecule has 3 aliphatic rings. The molecule has 0 unspecified atom stereocenters. The fourth-order valence-corrected chi connectivity index (χ4v) is 4.46. The van der Waals surface area contributed by atoms with Crippen LogP contribution in [-0.4, -0.2) is 40.9 Å². The number of carbonyl (C=O) groups excluding carboxylic acids is 3. The monoisotopic (exact) mass is 335 g/mol. The van der Waals surface area contributed by atoms with Crippen LogP contribution in [0.15, 0.2) is 0 Å². The summed E-state index contributed by atoms with van der Waals surface area (Å²) in [7, 11) is 0. The zero-order chi connectivity index (χ0) is 17.3. The number of carbonyl (C=O) groups is 3. The SMILES string of the molecule is CC1CCC(NC(=O)CN2C(=O)N[C@@]3(CCCC[C@H]3C)C2=O)CC1. The van der Waals surface area contributed by atoms with Gasteiger partial charge < -0.3 is 10.6 Å². The molecule has 134 valence electrons. The van der Waals surface area contributed by atoms with E-state index < -0.39 is 11.6 Å². The topological polar surface area (TPSA) is 78.5 Å². The molecule has 4 amide bonds. The van der Waals surface area contributed by atoms with Gasteiger partial charge in [-0.25, -0.2) is 4.79 Å². The molecule has 2 N–H and O–H groups in total. The van der Waals surface area contributed by atoms with E-state index in [1.165, 1.54) is 0 Å². The Morgan fingerprint density at radius 1 is 1.17 bits per heavy atom. The summed E-state index contributed by atoms with van der Waals surface area (Å²) in [5, 5.41) is 5.89. The molecule has 3 rings (SSSR count). The van der Waals surface area contributed by atoms with E-state index in [1.54, 1.807) is 0 Å². The number of nitrogens with one attached hydrogen (secondary N) is 2. The van der Waals surface area contributed by atoms with E-state index in [0.29, 0.717) is 6.42 Å². The molecule has 3 fully saturated rings. The van der Waals surface area contributed by atoms with Crippen molar-refractivity contribution < 1.29 is 14.4 Å². The van der Waals surface area contributed by atoms with Crippen LogP contribution in [0.25, 0.3) is 0 Å². The van der Waals surface area contributed by atoms with Crippen LogP contribution in [0.2, 0.25) is 0 Å². The smallest absolute Gasteiger partial charge is 0.325 e. The molecule has 0 aromatic rings. The van der Waals surface area contributed by atoms with Crippen molar-refractivity contribution in [2.45, 2.75) is 76.8 Å². The summed E-state index contributed by atoms with van der Waals surface area (Å²) in [4.78, 5) is 38.5. The number of amides is 4. The van der Waals surface area contributed by atoms with Crippen molar-refractivity contribution in [2.24, 2.45) is 11.8 Å². The maximum Gasteiger partial charge on any atom is 0.325 e. The zero-order valence-corrected chi connectivity index (χ0v) is 14.8. The summed E-state index contributed by atoms with van der Waals surface area (Å²) in [6.07, 6.45) is 7.85. The van der Waals surface area contributed by atoms with E-state index in [-0.39, 0.29) is 30.3 Å². The van der Waals surface area contributed by atoms with Crippen LogP contribution < -0.4 is 10.6 Å². The molecule has 1 aliphatic heterocycles. The van der Waals surface area contributed by atoms with Crippen molar-refractivity contribution in [2.75, 3.05) is 6.54 Å². The number of rotatable bonds is 3. The van der Waals surface area contributed by atoms with Gasteiger partial charge in [0.2, 0.25) is 5.91 Å². The summed E-state index contributed by atoms with van der Waals surface area (Å²) in [6.45, 7) is 4.09. The van der Waals surface area contributed by atoms with Crippen LogP contribution in [0, 0.1) is 11.8 Å². The van der Waals surface area contributed by atoms with Crippen molar-refractivity contribution in [1.82, 2.24) is 15.5 Å². The van der Waals surface area contributed by atoms with Gasteiger partial charge in [0.1, 0.15) is 12.1 Å². The molecule has 2 aliphatic carbocycles. The highest BCUT2D eigenvalue weighted by Gasteiger charge is 2.55. The van der Waals surface area contributed by atoms with Gasteiger partial charge in [-0.15, -0.1) is 0 Å². The highest BCUT2D eigenvalue weighted by molar-refractivity contribution is 6.09. The van der Waals surface area contributed by atoms with Crippen molar-refractivity contribution in [3.05, 3.63) is 0 Å². The molecule has 0 aromatic heterocycles. The Hall–Kier alpha value is -1.59. The predicted octanol–water partition coefficient (Wildman–Crippen LogP) is 2.18. The molecule has 6 nitrogen and oxygen atoms in total. The number of nitrogens with zero attached hydrogens (tertiary/aromatic N) is 1. The summed E-state index contributed by atoms with van der Waals surface area (Å²) >= 11 is 0. The first-order chi connectivity index (χ1) is 11.4. The predicted molar refractivity (Wildman–Crippen MR) is 90.2 cm³/mol. The average Bonchev–Trinajstić information content (AvgIpc) is 2.78. The van der Waals surface area contributed by atoms with Gasteiger partial charge >= 0.3 is 6.03 Å². The van der Waals surface area contributed by atoms with E-state index in [1.807, 2.05) is 6.92 Å². The Bertz CT molecular complexity index is 528. The molecule has 0 radical (unpaired) electrons. The normalized spacial score (nSPS) is 36.8. The molecule has 0 aromatic carbocycles.